The van der Waals surface area contributed by atoms with Crippen molar-refractivity contribution in [2.75, 3.05) is 18.5 Å². The predicted octanol–water partition coefficient (Wildman–Crippen LogP) is 1.13. The Labute approximate surface area is 84.3 Å². The van der Waals surface area contributed by atoms with Crippen LogP contribution in [0.25, 0.3) is 0 Å². The van der Waals surface area contributed by atoms with Gasteiger partial charge in [-0.15, -0.1) is 0 Å². The first-order chi connectivity index (χ1) is 6.57. The first kappa shape index (κ1) is 10.5. The van der Waals surface area contributed by atoms with E-state index in [1.165, 1.54) is 0 Å². The van der Waals surface area contributed by atoms with Gasteiger partial charge in [0, 0.05) is 19.8 Å². The molecule has 4 heteroatoms. The number of nitrogen functional groups attached to an aromatic ring is 1. The zero-order valence-electron chi connectivity index (χ0n) is 8.83. The van der Waals surface area contributed by atoms with Crippen LogP contribution in [0, 0.1) is 12.3 Å². The van der Waals surface area contributed by atoms with Crippen LogP contribution >= 0.6 is 0 Å². The molecule has 0 radical (unpaired) electrons. The summed E-state index contributed by atoms with van der Waals surface area (Å²) in [5.74, 6) is 0.853. The van der Waals surface area contributed by atoms with Crippen LogP contribution in [-0.2, 0) is 0 Å². The van der Waals surface area contributed by atoms with Gasteiger partial charge < -0.3 is 10.6 Å². The van der Waals surface area contributed by atoms with Gasteiger partial charge in [-0.1, -0.05) is 0 Å². The van der Waals surface area contributed by atoms with E-state index in [4.69, 9.17) is 11.1 Å². The quantitative estimate of drug-likeness (QED) is 0.557. The Hall–Kier alpha value is -1.58. The molecule has 0 aliphatic heterocycles. The fourth-order valence-corrected chi connectivity index (χ4v) is 1.32. The molecule has 0 aliphatic rings. The van der Waals surface area contributed by atoms with Crippen molar-refractivity contribution in [2.24, 2.45) is 5.73 Å². The number of nitrogens with two attached hydrogens (primary N) is 1. The lowest BCUT2D eigenvalue weighted by Crippen LogP contribution is -2.24. The van der Waals surface area contributed by atoms with Crippen molar-refractivity contribution in [1.82, 2.24) is 4.98 Å². The number of anilines is 1. The zero-order valence-corrected chi connectivity index (χ0v) is 8.83. The van der Waals surface area contributed by atoms with Gasteiger partial charge in [0.1, 0.15) is 11.7 Å². The summed E-state index contributed by atoms with van der Waals surface area (Å²) in [6.45, 7) is 4.82. The summed E-state index contributed by atoms with van der Waals surface area (Å²) in [5, 5.41) is 7.50. The molecule has 0 fully saturated rings. The lowest BCUT2D eigenvalue weighted by Gasteiger charge is -2.19. The molecule has 4 nitrogen and oxygen atoms in total. The first-order valence-corrected chi connectivity index (χ1v) is 4.59. The molecule has 0 bridgehead atoms. The van der Waals surface area contributed by atoms with Crippen LogP contribution in [-0.4, -0.2) is 24.4 Å². The molecule has 0 saturated heterocycles. The molecular weight excluding hydrogens is 176 g/mol. The molecule has 3 N–H and O–H groups in total. The largest absolute Gasteiger partial charge is 0.384 e. The minimum Gasteiger partial charge on any atom is -0.384 e. The van der Waals surface area contributed by atoms with Crippen molar-refractivity contribution in [3.63, 3.8) is 0 Å². The second kappa shape index (κ2) is 4.09. The summed E-state index contributed by atoms with van der Waals surface area (Å²) >= 11 is 0. The van der Waals surface area contributed by atoms with Crippen LogP contribution in [0.15, 0.2) is 12.3 Å². The Kier molecular flexibility index (Phi) is 3.06. The van der Waals surface area contributed by atoms with Crippen LogP contribution in [0.5, 0.6) is 0 Å². The lowest BCUT2D eigenvalue weighted by atomic mass is 10.1. The molecule has 1 aromatic heterocycles. The monoisotopic (exact) mass is 192 g/mol. The van der Waals surface area contributed by atoms with Crippen molar-refractivity contribution < 1.29 is 0 Å². The number of nitrogens with one attached hydrogen (secondary N) is 1. The van der Waals surface area contributed by atoms with Crippen LogP contribution < -0.4 is 10.6 Å². The van der Waals surface area contributed by atoms with Gasteiger partial charge in [-0.25, -0.2) is 4.98 Å². The fourth-order valence-electron chi connectivity index (χ4n) is 1.32. The van der Waals surface area contributed by atoms with E-state index in [1.54, 1.807) is 6.20 Å². The molecule has 0 spiro atoms. The minimum atomic E-state index is 0.0749. The number of aromatic nitrogens is 1. The minimum absolute atomic E-state index is 0.0749. The van der Waals surface area contributed by atoms with E-state index in [1.807, 2.05) is 31.9 Å². The summed E-state index contributed by atoms with van der Waals surface area (Å²) < 4.78 is 0. The Morgan fingerprint density at radius 1 is 1.64 bits per heavy atom. The van der Waals surface area contributed by atoms with E-state index in [2.05, 4.69) is 4.98 Å². The average Bonchev–Trinajstić information content (AvgIpc) is 2.15. The van der Waals surface area contributed by atoms with Gasteiger partial charge in [0.25, 0.3) is 0 Å². The topological polar surface area (TPSA) is 66.0 Å². The second-order valence-electron chi connectivity index (χ2n) is 3.25. The van der Waals surface area contributed by atoms with Crippen LogP contribution in [0.1, 0.15) is 18.1 Å². The van der Waals surface area contributed by atoms with Crippen molar-refractivity contribution in [2.45, 2.75) is 13.8 Å². The van der Waals surface area contributed by atoms with Gasteiger partial charge in [0.05, 0.1) is 5.56 Å². The third-order valence-corrected chi connectivity index (χ3v) is 2.24. The third kappa shape index (κ3) is 1.84. The Morgan fingerprint density at radius 3 is 2.79 bits per heavy atom. The summed E-state index contributed by atoms with van der Waals surface area (Å²) in [5.41, 5.74) is 7.25. The Bertz CT molecular complexity index is 346. The number of amidine groups is 1. The standard InChI is InChI=1S/C10H16N4/c1-4-14(3)10-8(9(11)12)7(2)5-6-13-10/h5-6H,4H2,1-3H3,(H3,11,12). The number of nitrogens with zero attached hydrogens (tertiary/aromatic N) is 2. The molecule has 0 aromatic carbocycles. The average molecular weight is 192 g/mol. The number of aryl methyl sites for hydroxylation is 1. The smallest absolute Gasteiger partial charge is 0.139 e. The molecule has 0 saturated carbocycles. The normalized spacial score (nSPS) is 9.93. The maximum absolute atomic E-state index is 7.50. The molecule has 76 valence electrons. The van der Waals surface area contributed by atoms with Crippen molar-refractivity contribution in [3.05, 3.63) is 23.4 Å². The molecule has 14 heavy (non-hydrogen) atoms. The molecule has 0 amide bonds. The molecule has 1 heterocycles. The Balaban J connectivity index is 3.28. The Morgan fingerprint density at radius 2 is 2.29 bits per heavy atom. The number of rotatable bonds is 3. The summed E-state index contributed by atoms with van der Waals surface area (Å²) in [4.78, 5) is 6.21. The van der Waals surface area contributed by atoms with Gasteiger partial charge >= 0.3 is 0 Å². The fraction of sp³-hybridized carbons (Fsp3) is 0.400. The maximum atomic E-state index is 7.50. The molecule has 0 atom stereocenters. The van der Waals surface area contributed by atoms with Gasteiger partial charge in [-0.05, 0) is 25.5 Å². The zero-order chi connectivity index (χ0) is 10.7. The van der Waals surface area contributed by atoms with E-state index in [0.29, 0.717) is 0 Å². The van der Waals surface area contributed by atoms with E-state index in [0.717, 1.165) is 23.5 Å². The van der Waals surface area contributed by atoms with Crippen molar-refractivity contribution in [3.8, 4) is 0 Å². The number of hydrogen-bond acceptors (Lipinski definition) is 3. The van der Waals surface area contributed by atoms with Crippen LogP contribution in [0.4, 0.5) is 5.82 Å². The van der Waals surface area contributed by atoms with Crippen molar-refractivity contribution in [1.29, 1.82) is 5.41 Å². The highest BCUT2D eigenvalue weighted by molar-refractivity contribution is 6.00. The third-order valence-electron chi connectivity index (χ3n) is 2.24. The molecule has 1 aromatic rings. The van der Waals surface area contributed by atoms with E-state index in [-0.39, 0.29) is 5.84 Å². The van der Waals surface area contributed by atoms with Gasteiger partial charge in [-0.2, -0.15) is 0 Å². The summed E-state index contributed by atoms with van der Waals surface area (Å²) in [7, 11) is 1.94. The first-order valence-electron chi connectivity index (χ1n) is 4.59. The highest BCUT2D eigenvalue weighted by atomic mass is 15.2. The van der Waals surface area contributed by atoms with E-state index >= 15 is 0 Å². The van der Waals surface area contributed by atoms with Gasteiger partial charge in [-0.3, -0.25) is 5.41 Å². The maximum Gasteiger partial charge on any atom is 0.139 e. The second-order valence-corrected chi connectivity index (χ2v) is 3.25. The lowest BCUT2D eigenvalue weighted by molar-refractivity contribution is 0.933. The van der Waals surface area contributed by atoms with Crippen LogP contribution in [0.2, 0.25) is 0 Å². The highest BCUT2D eigenvalue weighted by Gasteiger charge is 2.12. The highest BCUT2D eigenvalue weighted by Crippen LogP contribution is 2.18. The molecule has 0 aliphatic carbocycles. The van der Waals surface area contributed by atoms with Crippen molar-refractivity contribution >= 4 is 11.7 Å². The van der Waals surface area contributed by atoms with E-state index < -0.39 is 0 Å². The van der Waals surface area contributed by atoms with Crippen LogP contribution in [0.3, 0.4) is 0 Å². The predicted molar refractivity (Wildman–Crippen MR) is 58.9 cm³/mol. The van der Waals surface area contributed by atoms with E-state index in [9.17, 15) is 0 Å². The SMILES string of the molecule is CCN(C)c1nccc(C)c1C(=N)N. The number of pyridine rings is 1. The molecule has 0 unspecified atom stereocenters. The number of hydrogen-bond donors (Lipinski definition) is 2. The molecular formula is C10H16N4. The summed E-state index contributed by atoms with van der Waals surface area (Å²) in [6.07, 6.45) is 1.74. The van der Waals surface area contributed by atoms with Gasteiger partial charge in [0.2, 0.25) is 0 Å². The summed E-state index contributed by atoms with van der Waals surface area (Å²) in [6, 6.07) is 1.86. The van der Waals surface area contributed by atoms with Gasteiger partial charge in [0.15, 0.2) is 0 Å². The molecule has 1 rings (SSSR count).